The largest absolute Gasteiger partial charge is 0.508 e. The number of nitrogens with zero attached hydrogens (tertiary/aromatic N) is 1. The van der Waals surface area contributed by atoms with Gasteiger partial charge >= 0.3 is 0 Å². The van der Waals surface area contributed by atoms with Crippen molar-refractivity contribution >= 4 is 23.0 Å². The molecule has 2 aromatic carbocycles. The third-order valence-corrected chi connectivity index (χ3v) is 2.92. The minimum absolute atomic E-state index is 0.00676. The van der Waals surface area contributed by atoms with Crippen molar-refractivity contribution in [3.63, 3.8) is 0 Å². The number of phenolic OH excluding ortho intramolecular Hbond substituents is 1. The fourth-order valence-corrected chi connectivity index (χ4v) is 1.78. The molecule has 0 aromatic heterocycles. The number of hydrogen-bond acceptors (Lipinski definition) is 4. The number of carbonyl (C=O) groups is 1. The van der Waals surface area contributed by atoms with Gasteiger partial charge in [-0.2, -0.15) is 0 Å². The molecule has 4 N–H and O–H groups in total. The molecular weight excluding hydrogens is 254 g/mol. The number of amides is 1. The van der Waals surface area contributed by atoms with Crippen LogP contribution in [0.3, 0.4) is 0 Å². The average molecular weight is 271 g/mol. The number of nitrogens with two attached hydrogens (primary N) is 1. The van der Waals surface area contributed by atoms with Crippen LogP contribution < -0.4 is 16.0 Å². The van der Waals surface area contributed by atoms with Gasteiger partial charge in [0.05, 0.1) is 5.56 Å². The minimum Gasteiger partial charge on any atom is -0.508 e. The summed E-state index contributed by atoms with van der Waals surface area (Å²) in [6, 6.07) is 11.7. The van der Waals surface area contributed by atoms with E-state index in [1.54, 1.807) is 0 Å². The molecule has 0 bridgehead atoms. The van der Waals surface area contributed by atoms with Gasteiger partial charge in [0.1, 0.15) is 5.75 Å². The Hall–Kier alpha value is -2.69. The molecule has 0 saturated heterocycles. The molecule has 0 saturated carbocycles. The van der Waals surface area contributed by atoms with Crippen LogP contribution in [0, 0.1) is 0 Å². The number of aromatic hydroxyl groups is 1. The van der Waals surface area contributed by atoms with Crippen molar-refractivity contribution in [3.05, 3.63) is 48.0 Å². The topological polar surface area (TPSA) is 78.6 Å². The molecule has 0 aliphatic rings. The molecule has 0 radical (unpaired) electrons. The Kier molecular flexibility index (Phi) is 3.79. The Morgan fingerprint density at radius 1 is 1.15 bits per heavy atom. The fourth-order valence-electron chi connectivity index (χ4n) is 1.78. The quantitative estimate of drug-likeness (QED) is 0.591. The van der Waals surface area contributed by atoms with Crippen molar-refractivity contribution in [1.82, 2.24) is 0 Å². The molecule has 104 valence electrons. The van der Waals surface area contributed by atoms with Gasteiger partial charge in [-0.3, -0.25) is 4.79 Å². The first-order valence-electron chi connectivity index (χ1n) is 6.14. The van der Waals surface area contributed by atoms with E-state index in [0.717, 1.165) is 5.69 Å². The monoisotopic (exact) mass is 271 g/mol. The van der Waals surface area contributed by atoms with Crippen molar-refractivity contribution in [3.8, 4) is 5.75 Å². The van der Waals surface area contributed by atoms with Crippen LogP contribution in [0.25, 0.3) is 0 Å². The van der Waals surface area contributed by atoms with Crippen molar-refractivity contribution < 1.29 is 9.90 Å². The summed E-state index contributed by atoms with van der Waals surface area (Å²) < 4.78 is 0. The summed E-state index contributed by atoms with van der Waals surface area (Å²) in [7, 11) is 3.89. The van der Waals surface area contributed by atoms with E-state index in [0.29, 0.717) is 11.4 Å². The Morgan fingerprint density at radius 3 is 2.40 bits per heavy atom. The van der Waals surface area contributed by atoms with E-state index in [-0.39, 0.29) is 17.2 Å². The number of anilines is 3. The van der Waals surface area contributed by atoms with Gasteiger partial charge in [0.15, 0.2) is 0 Å². The highest BCUT2D eigenvalue weighted by Gasteiger charge is 2.11. The van der Waals surface area contributed by atoms with E-state index in [9.17, 15) is 9.90 Å². The molecule has 0 fully saturated rings. The Morgan fingerprint density at radius 2 is 1.80 bits per heavy atom. The second-order valence-electron chi connectivity index (χ2n) is 4.67. The first-order chi connectivity index (χ1) is 9.47. The zero-order valence-corrected chi connectivity index (χ0v) is 11.4. The highest BCUT2D eigenvalue weighted by atomic mass is 16.3. The zero-order valence-electron chi connectivity index (χ0n) is 11.4. The predicted octanol–water partition coefficient (Wildman–Crippen LogP) is 2.29. The van der Waals surface area contributed by atoms with E-state index >= 15 is 0 Å². The molecule has 5 nitrogen and oxygen atoms in total. The lowest BCUT2D eigenvalue weighted by Crippen LogP contribution is -2.14. The number of phenols is 1. The van der Waals surface area contributed by atoms with E-state index in [1.807, 2.05) is 43.3 Å². The predicted molar refractivity (Wildman–Crippen MR) is 81.2 cm³/mol. The molecular formula is C15H17N3O2. The molecule has 2 rings (SSSR count). The van der Waals surface area contributed by atoms with E-state index < -0.39 is 0 Å². The highest BCUT2D eigenvalue weighted by Crippen LogP contribution is 2.21. The van der Waals surface area contributed by atoms with Crippen LogP contribution in [0.4, 0.5) is 17.1 Å². The summed E-state index contributed by atoms with van der Waals surface area (Å²) in [6.45, 7) is 0. The Bertz CT molecular complexity index is 622. The van der Waals surface area contributed by atoms with Gasteiger partial charge in [0.25, 0.3) is 5.91 Å². The molecule has 2 aromatic rings. The molecule has 0 heterocycles. The van der Waals surface area contributed by atoms with Crippen molar-refractivity contribution in [2.45, 2.75) is 0 Å². The van der Waals surface area contributed by atoms with Crippen molar-refractivity contribution in [1.29, 1.82) is 0 Å². The maximum Gasteiger partial charge on any atom is 0.257 e. The molecule has 5 heteroatoms. The number of carbonyl (C=O) groups excluding carboxylic acids is 1. The van der Waals surface area contributed by atoms with Crippen LogP contribution in [0.1, 0.15) is 10.4 Å². The number of nitrogens with one attached hydrogen (secondary N) is 1. The normalized spacial score (nSPS) is 10.1. The van der Waals surface area contributed by atoms with Crippen LogP contribution in [0.5, 0.6) is 5.75 Å². The van der Waals surface area contributed by atoms with E-state index in [2.05, 4.69) is 5.32 Å². The lowest BCUT2D eigenvalue weighted by Gasteiger charge is -2.13. The van der Waals surface area contributed by atoms with Gasteiger partial charge < -0.3 is 21.1 Å². The molecule has 1 amide bonds. The number of hydrogen-bond donors (Lipinski definition) is 3. The molecule has 0 aliphatic heterocycles. The zero-order chi connectivity index (χ0) is 14.7. The highest BCUT2D eigenvalue weighted by molar-refractivity contribution is 6.08. The summed E-state index contributed by atoms with van der Waals surface area (Å²) >= 11 is 0. The fraction of sp³-hybridized carbons (Fsp3) is 0.133. The van der Waals surface area contributed by atoms with Gasteiger partial charge in [-0.25, -0.2) is 0 Å². The number of nitrogen functional groups attached to an aromatic ring is 1. The minimum atomic E-state index is -0.351. The number of benzene rings is 2. The summed E-state index contributed by atoms with van der Waals surface area (Å²) in [5, 5.41) is 12.2. The van der Waals surface area contributed by atoms with Gasteiger partial charge in [-0.1, -0.05) is 0 Å². The van der Waals surface area contributed by atoms with Crippen LogP contribution in [-0.2, 0) is 0 Å². The van der Waals surface area contributed by atoms with Crippen LogP contribution in [0.15, 0.2) is 42.5 Å². The third kappa shape index (κ3) is 3.00. The van der Waals surface area contributed by atoms with E-state index in [4.69, 9.17) is 5.73 Å². The van der Waals surface area contributed by atoms with Gasteiger partial charge in [-0.15, -0.1) is 0 Å². The molecule has 0 aliphatic carbocycles. The summed E-state index contributed by atoms with van der Waals surface area (Å²) in [4.78, 5) is 14.1. The summed E-state index contributed by atoms with van der Waals surface area (Å²) in [5.41, 5.74) is 8.02. The first kappa shape index (κ1) is 13.7. The van der Waals surface area contributed by atoms with Gasteiger partial charge in [0.2, 0.25) is 0 Å². The maximum atomic E-state index is 12.1. The smallest absolute Gasteiger partial charge is 0.257 e. The maximum absolute atomic E-state index is 12.1. The first-order valence-corrected chi connectivity index (χ1v) is 6.14. The van der Waals surface area contributed by atoms with E-state index in [1.165, 1.54) is 18.2 Å². The molecule has 0 atom stereocenters. The Balaban J connectivity index is 2.17. The van der Waals surface area contributed by atoms with Crippen LogP contribution in [-0.4, -0.2) is 25.1 Å². The lowest BCUT2D eigenvalue weighted by molar-refractivity contribution is 0.102. The van der Waals surface area contributed by atoms with Crippen molar-refractivity contribution in [2.24, 2.45) is 0 Å². The third-order valence-electron chi connectivity index (χ3n) is 2.92. The number of rotatable bonds is 3. The Labute approximate surface area is 117 Å². The standard InChI is InChI=1S/C15H17N3O2/c1-18(2)11-5-3-10(4-6-11)17-15(20)13-9-12(19)7-8-14(13)16/h3-9,19H,16H2,1-2H3,(H,17,20). The molecule has 0 unspecified atom stereocenters. The second kappa shape index (κ2) is 5.52. The van der Waals surface area contributed by atoms with Crippen LogP contribution >= 0.6 is 0 Å². The summed E-state index contributed by atoms with van der Waals surface area (Å²) in [6.07, 6.45) is 0. The molecule has 0 spiro atoms. The SMILES string of the molecule is CN(C)c1ccc(NC(=O)c2cc(O)ccc2N)cc1. The summed E-state index contributed by atoms with van der Waals surface area (Å²) in [5.74, 6) is -0.344. The average Bonchev–Trinajstić information content (AvgIpc) is 2.42. The molecule has 20 heavy (non-hydrogen) atoms. The second-order valence-corrected chi connectivity index (χ2v) is 4.67. The lowest BCUT2D eigenvalue weighted by atomic mass is 10.1. The van der Waals surface area contributed by atoms with Gasteiger partial charge in [0, 0.05) is 31.2 Å². The van der Waals surface area contributed by atoms with Crippen LogP contribution in [0.2, 0.25) is 0 Å². The van der Waals surface area contributed by atoms with Crippen molar-refractivity contribution in [2.75, 3.05) is 30.0 Å². The van der Waals surface area contributed by atoms with Gasteiger partial charge in [-0.05, 0) is 42.5 Å².